The maximum atomic E-state index is 13.9. The molecular weight excluding hydrogens is 490 g/mol. The lowest BCUT2D eigenvalue weighted by Gasteiger charge is -2.28. The van der Waals surface area contributed by atoms with Crippen molar-refractivity contribution in [2.45, 2.75) is 6.42 Å². The Morgan fingerprint density at radius 1 is 0.718 bits per heavy atom. The molecule has 0 radical (unpaired) electrons. The Hall–Kier alpha value is -5.86. The molecule has 0 spiro atoms. The van der Waals surface area contributed by atoms with Crippen LogP contribution in [0.5, 0.6) is 0 Å². The molecule has 3 heterocycles. The molecule has 2 amide bonds. The molecule has 2 aromatic heterocycles. The first-order valence-electron chi connectivity index (χ1n) is 12.2. The van der Waals surface area contributed by atoms with Crippen LogP contribution in [0.15, 0.2) is 71.5 Å². The van der Waals surface area contributed by atoms with Gasteiger partial charge in [-0.2, -0.15) is 10.5 Å². The second kappa shape index (κ2) is 7.12. The second-order valence-electron chi connectivity index (χ2n) is 9.69. The summed E-state index contributed by atoms with van der Waals surface area (Å²) in [7, 11) is 0. The maximum absolute atomic E-state index is 13.9. The van der Waals surface area contributed by atoms with E-state index in [-0.39, 0.29) is 22.4 Å². The summed E-state index contributed by atoms with van der Waals surface area (Å²) in [5.74, 6) is -0.966. The number of nitrogens with zero attached hydrogens (tertiary/aromatic N) is 5. The van der Waals surface area contributed by atoms with Gasteiger partial charge in [0.25, 0.3) is 17.4 Å². The summed E-state index contributed by atoms with van der Waals surface area (Å²) in [6, 6.07) is 23.9. The molecule has 2 aliphatic rings. The van der Waals surface area contributed by atoms with Crippen molar-refractivity contribution in [2.75, 3.05) is 4.90 Å². The Kier molecular flexibility index (Phi) is 3.88. The van der Waals surface area contributed by atoms with Crippen LogP contribution in [0.2, 0.25) is 0 Å². The smallest absolute Gasteiger partial charge is 0.265 e. The lowest BCUT2D eigenvalue weighted by molar-refractivity contribution is 0.0893. The largest absolute Gasteiger partial charge is 0.268 e. The van der Waals surface area contributed by atoms with E-state index < -0.39 is 17.4 Å². The number of aromatic nitrogens is 2. The number of hydrogen-bond acceptors (Lipinski definition) is 6. The van der Waals surface area contributed by atoms with Crippen molar-refractivity contribution < 1.29 is 9.59 Å². The summed E-state index contributed by atoms with van der Waals surface area (Å²) < 4.78 is 1.12. The predicted molar refractivity (Wildman–Crippen MR) is 143 cm³/mol. The normalized spacial score (nSPS) is 13.6. The highest BCUT2D eigenvalue weighted by Crippen LogP contribution is 2.41. The molecular formula is C31H13N5O3. The van der Waals surface area contributed by atoms with Crippen LogP contribution in [0.1, 0.15) is 43.2 Å². The fourth-order valence-corrected chi connectivity index (χ4v) is 6.16. The number of hydrogen-bond donors (Lipinski definition) is 0. The molecule has 0 atom stereocenters. The SMILES string of the molecule is N#Cc1nc2c3ccc4c5c(ccc(c(=O)n2c1C#N)c53)C(=O)N(c1ccc2c(c1)Cc1ccccc1-2)C4=O. The van der Waals surface area contributed by atoms with Crippen molar-refractivity contribution in [3.63, 3.8) is 0 Å². The summed E-state index contributed by atoms with van der Waals surface area (Å²) in [5, 5.41) is 20.6. The molecule has 0 saturated carbocycles. The van der Waals surface area contributed by atoms with Crippen molar-refractivity contribution >= 4 is 44.7 Å². The maximum Gasteiger partial charge on any atom is 0.265 e. The molecule has 1 aliphatic carbocycles. The van der Waals surface area contributed by atoms with E-state index in [4.69, 9.17) is 0 Å². The van der Waals surface area contributed by atoms with Gasteiger partial charge in [0.05, 0.1) is 5.69 Å². The van der Waals surface area contributed by atoms with Gasteiger partial charge in [0.15, 0.2) is 11.4 Å². The van der Waals surface area contributed by atoms with E-state index in [9.17, 15) is 24.9 Å². The topological polar surface area (TPSA) is 119 Å². The lowest BCUT2D eigenvalue weighted by atomic mass is 9.90. The molecule has 4 aromatic carbocycles. The average Bonchev–Trinajstić information content (AvgIpc) is 3.53. The summed E-state index contributed by atoms with van der Waals surface area (Å²) in [5.41, 5.74) is 4.87. The van der Waals surface area contributed by atoms with Gasteiger partial charge in [0.2, 0.25) is 0 Å². The third kappa shape index (κ3) is 2.50. The fourth-order valence-electron chi connectivity index (χ4n) is 6.16. The van der Waals surface area contributed by atoms with Crippen LogP contribution >= 0.6 is 0 Å². The molecule has 8 rings (SSSR count). The number of imidazole rings is 1. The van der Waals surface area contributed by atoms with E-state index in [2.05, 4.69) is 17.1 Å². The van der Waals surface area contributed by atoms with Crippen LogP contribution in [0, 0.1) is 22.7 Å². The van der Waals surface area contributed by atoms with Crippen molar-refractivity contribution in [1.82, 2.24) is 9.38 Å². The highest BCUT2D eigenvalue weighted by molar-refractivity contribution is 6.38. The minimum absolute atomic E-state index is 0.143. The van der Waals surface area contributed by atoms with E-state index in [0.29, 0.717) is 33.0 Å². The number of carbonyl (C=O) groups excluding carboxylic acids is 2. The van der Waals surface area contributed by atoms with Gasteiger partial charge in [0, 0.05) is 32.7 Å². The standard InChI is InChI=1S/C31H13N5O3/c32-13-24-25(14-33)36-28(34-24)20-7-8-22-27-23(10-9-21(26(20)27)31(36)39)30(38)35(29(22)37)17-5-6-19-16(12-17)11-15-3-1-2-4-18(15)19/h1-10,12H,11H2. The van der Waals surface area contributed by atoms with Gasteiger partial charge in [-0.25, -0.2) is 14.3 Å². The number of pyridine rings is 1. The first kappa shape index (κ1) is 21.2. The number of nitriles is 2. The first-order valence-corrected chi connectivity index (χ1v) is 12.2. The summed E-state index contributed by atoms with van der Waals surface area (Å²) in [6.45, 7) is 0. The Morgan fingerprint density at radius 3 is 2.15 bits per heavy atom. The molecule has 0 unspecified atom stereocenters. The average molecular weight is 503 g/mol. The number of rotatable bonds is 1. The van der Waals surface area contributed by atoms with Gasteiger partial charge >= 0.3 is 0 Å². The first-order chi connectivity index (χ1) is 19.0. The monoisotopic (exact) mass is 503 g/mol. The van der Waals surface area contributed by atoms with Crippen LogP contribution in [0.4, 0.5) is 5.69 Å². The van der Waals surface area contributed by atoms with Gasteiger partial charge in [-0.1, -0.05) is 30.3 Å². The van der Waals surface area contributed by atoms with Crippen molar-refractivity contribution in [3.8, 4) is 23.3 Å². The van der Waals surface area contributed by atoms with E-state index in [1.165, 1.54) is 16.5 Å². The highest BCUT2D eigenvalue weighted by Gasteiger charge is 2.36. The Balaban J connectivity index is 1.36. The Bertz CT molecular complexity index is 2280. The Labute approximate surface area is 219 Å². The minimum atomic E-state index is -0.535. The van der Waals surface area contributed by atoms with Gasteiger partial charge in [-0.15, -0.1) is 0 Å². The summed E-state index contributed by atoms with van der Waals surface area (Å²) in [4.78, 5) is 46.6. The van der Waals surface area contributed by atoms with Crippen LogP contribution in [0.3, 0.4) is 0 Å². The van der Waals surface area contributed by atoms with Gasteiger partial charge < -0.3 is 0 Å². The zero-order valence-corrected chi connectivity index (χ0v) is 20.0. The van der Waals surface area contributed by atoms with Gasteiger partial charge in [0.1, 0.15) is 17.8 Å². The predicted octanol–water partition coefficient (Wildman–Crippen LogP) is 4.55. The number of amides is 2. The molecule has 39 heavy (non-hydrogen) atoms. The highest BCUT2D eigenvalue weighted by atomic mass is 16.2. The van der Waals surface area contributed by atoms with Crippen molar-refractivity contribution in [3.05, 3.63) is 111 Å². The van der Waals surface area contributed by atoms with Gasteiger partial charge in [-0.3, -0.25) is 14.4 Å². The van der Waals surface area contributed by atoms with Crippen LogP contribution < -0.4 is 10.5 Å². The minimum Gasteiger partial charge on any atom is -0.268 e. The van der Waals surface area contributed by atoms with Gasteiger partial charge in [-0.05, 0) is 65.1 Å². The fraction of sp³-hybridized carbons (Fsp3) is 0.0323. The summed E-state index contributed by atoms with van der Waals surface area (Å²) >= 11 is 0. The quantitative estimate of drug-likeness (QED) is 0.303. The molecule has 180 valence electrons. The molecule has 0 bridgehead atoms. The molecule has 6 aromatic rings. The number of carbonyl (C=O) groups is 2. The molecule has 0 saturated heterocycles. The number of imide groups is 1. The molecule has 1 aliphatic heterocycles. The van der Waals surface area contributed by atoms with E-state index >= 15 is 0 Å². The molecule has 8 nitrogen and oxygen atoms in total. The van der Waals surface area contributed by atoms with Crippen molar-refractivity contribution in [2.24, 2.45) is 0 Å². The number of anilines is 1. The third-order valence-electron chi connectivity index (χ3n) is 7.83. The zero-order valence-electron chi connectivity index (χ0n) is 20.0. The van der Waals surface area contributed by atoms with E-state index in [0.717, 1.165) is 27.5 Å². The number of fused-ring (bicyclic) bond motifs is 5. The molecule has 0 fully saturated rings. The van der Waals surface area contributed by atoms with Crippen LogP contribution in [0.25, 0.3) is 38.3 Å². The third-order valence-corrected chi connectivity index (χ3v) is 7.83. The second-order valence-corrected chi connectivity index (χ2v) is 9.69. The van der Waals surface area contributed by atoms with E-state index in [1.807, 2.05) is 36.4 Å². The lowest BCUT2D eigenvalue weighted by Crippen LogP contribution is -2.40. The molecule has 8 heteroatoms. The van der Waals surface area contributed by atoms with Crippen molar-refractivity contribution in [1.29, 1.82) is 10.5 Å². The van der Waals surface area contributed by atoms with E-state index in [1.54, 1.807) is 24.3 Å². The number of benzene rings is 4. The van der Waals surface area contributed by atoms with Crippen LogP contribution in [-0.4, -0.2) is 21.2 Å². The van der Waals surface area contributed by atoms with Crippen LogP contribution in [-0.2, 0) is 6.42 Å². The zero-order chi connectivity index (χ0) is 26.6. The molecule has 0 N–H and O–H groups in total. The Morgan fingerprint density at radius 2 is 1.41 bits per heavy atom. The summed E-state index contributed by atoms with van der Waals surface area (Å²) in [6.07, 6.45) is 0.721.